The standard InChI is InChI=1S/C24H44O4/c1-4-5-6-7-8-9-10-11-12-13-14-15-16-17-18-19-20-28-24(27)23(21(2)25)22(3)26/h23H,4-20H2,1-3H3. The van der Waals surface area contributed by atoms with Crippen LogP contribution in [0.15, 0.2) is 0 Å². The van der Waals surface area contributed by atoms with E-state index in [2.05, 4.69) is 6.92 Å². The molecule has 4 heteroatoms. The van der Waals surface area contributed by atoms with Crippen LogP contribution >= 0.6 is 0 Å². The van der Waals surface area contributed by atoms with Crippen LogP contribution in [-0.4, -0.2) is 24.1 Å². The Bertz CT molecular complexity index is 403. The predicted molar refractivity (Wildman–Crippen MR) is 115 cm³/mol. The normalized spacial score (nSPS) is 11.0. The molecule has 0 N–H and O–H groups in total. The van der Waals surface area contributed by atoms with Crippen LogP contribution in [0, 0.1) is 5.92 Å². The molecule has 0 aromatic rings. The average molecular weight is 397 g/mol. The van der Waals surface area contributed by atoms with Gasteiger partial charge in [0.15, 0.2) is 17.5 Å². The summed E-state index contributed by atoms with van der Waals surface area (Å²) in [6.07, 6.45) is 20.7. The van der Waals surface area contributed by atoms with Crippen LogP contribution < -0.4 is 0 Å². The summed E-state index contributed by atoms with van der Waals surface area (Å²) >= 11 is 0. The van der Waals surface area contributed by atoms with E-state index in [-0.39, 0.29) is 0 Å². The number of hydrogen-bond acceptors (Lipinski definition) is 4. The zero-order chi connectivity index (χ0) is 21.0. The molecule has 0 aliphatic carbocycles. The van der Waals surface area contributed by atoms with E-state index in [1.54, 1.807) is 0 Å². The van der Waals surface area contributed by atoms with Crippen molar-refractivity contribution in [3.63, 3.8) is 0 Å². The average Bonchev–Trinajstić information content (AvgIpc) is 2.63. The number of rotatable bonds is 20. The Morgan fingerprint density at radius 2 is 0.893 bits per heavy atom. The molecule has 0 atom stereocenters. The van der Waals surface area contributed by atoms with Gasteiger partial charge < -0.3 is 4.74 Å². The molecule has 0 unspecified atom stereocenters. The summed E-state index contributed by atoms with van der Waals surface area (Å²) in [6.45, 7) is 5.07. The molecular weight excluding hydrogens is 352 g/mol. The second kappa shape index (κ2) is 19.1. The van der Waals surface area contributed by atoms with Crippen LogP contribution in [-0.2, 0) is 19.1 Å². The number of ether oxygens (including phenoxy) is 1. The number of Topliss-reactive ketones (excluding diaryl/α,β-unsaturated/α-hetero) is 2. The number of esters is 1. The smallest absolute Gasteiger partial charge is 0.324 e. The Labute approximate surface area is 173 Å². The zero-order valence-electron chi connectivity index (χ0n) is 18.7. The van der Waals surface area contributed by atoms with Gasteiger partial charge in [-0.05, 0) is 20.3 Å². The maximum Gasteiger partial charge on any atom is 0.324 e. The van der Waals surface area contributed by atoms with Crippen molar-refractivity contribution in [2.24, 2.45) is 5.92 Å². The van der Waals surface area contributed by atoms with E-state index >= 15 is 0 Å². The lowest BCUT2D eigenvalue weighted by Gasteiger charge is -2.10. The topological polar surface area (TPSA) is 60.4 Å². The number of carbonyl (C=O) groups is 3. The van der Waals surface area contributed by atoms with Crippen molar-refractivity contribution in [1.82, 2.24) is 0 Å². The molecule has 0 radical (unpaired) electrons. The zero-order valence-corrected chi connectivity index (χ0v) is 18.7. The third-order valence-corrected chi connectivity index (χ3v) is 5.29. The van der Waals surface area contributed by atoms with Crippen LogP contribution in [0.3, 0.4) is 0 Å². The highest BCUT2D eigenvalue weighted by Crippen LogP contribution is 2.14. The molecule has 0 spiro atoms. The molecule has 0 aliphatic heterocycles. The van der Waals surface area contributed by atoms with Gasteiger partial charge in [-0.25, -0.2) is 0 Å². The first-order chi connectivity index (χ1) is 13.5. The number of unbranched alkanes of at least 4 members (excludes halogenated alkanes) is 15. The van der Waals surface area contributed by atoms with Crippen LogP contribution in [0.25, 0.3) is 0 Å². The maximum absolute atomic E-state index is 11.7. The van der Waals surface area contributed by atoms with Crippen LogP contribution in [0.2, 0.25) is 0 Å². The van der Waals surface area contributed by atoms with Crippen molar-refractivity contribution in [2.75, 3.05) is 6.61 Å². The van der Waals surface area contributed by atoms with Crippen molar-refractivity contribution < 1.29 is 19.1 Å². The lowest BCUT2D eigenvalue weighted by atomic mass is 10.0. The lowest BCUT2D eigenvalue weighted by molar-refractivity contribution is -0.154. The van der Waals surface area contributed by atoms with E-state index in [1.807, 2.05) is 0 Å². The first-order valence-corrected chi connectivity index (χ1v) is 11.7. The fraction of sp³-hybridized carbons (Fsp3) is 0.875. The highest BCUT2D eigenvalue weighted by atomic mass is 16.5. The van der Waals surface area contributed by atoms with E-state index in [0.717, 1.165) is 19.3 Å². The molecule has 164 valence electrons. The fourth-order valence-electron chi connectivity index (χ4n) is 3.52. The molecule has 0 saturated heterocycles. The van der Waals surface area contributed by atoms with Crippen LogP contribution in [0.1, 0.15) is 124 Å². The minimum Gasteiger partial charge on any atom is -0.465 e. The summed E-state index contributed by atoms with van der Waals surface area (Å²) < 4.78 is 5.07. The maximum atomic E-state index is 11.7. The highest BCUT2D eigenvalue weighted by Gasteiger charge is 2.29. The second-order valence-electron chi connectivity index (χ2n) is 8.13. The van der Waals surface area contributed by atoms with Gasteiger partial charge in [-0.2, -0.15) is 0 Å². The second-order valence-corrected chi connectivity index (χ2v) is 8.13. The van der Waals surface area contributed by atoms with Gasteiger partial charge in [-0.3, -0.25) is 14.4 Å². The largest absolute Gasteiger partial charge is 0.465 e. The van der Waals surface area contributed by atoms with Crippen molar-refractivity contribution in [2.45, 2.75) is 124 Å². The Balaban J connectivity index is 3.33. The molecule has 0 amide bonds. The molecule has 0 saturated carbocycles. The third-order valence-electron chi connectivity index (χ3n) is 5.29. The molecule has 0 aromatic carbocycles. The summed E-state index contributed by atoms with van der Waals surface area (Å²) in [7, 11) is 0. The van der Waals surface area contributed by atoms with E-state index in [0.29, 0.717) is 6.61 Å². The quantitative estimate of drug-likeness (QED) is 0.132. The van der Waals surface area contributed by atoms with Crippen molar-refractivity contribution in [1.29, 1.82) is 0 Å². The Kier molecular flexibility index (Phi) is 18.3. The monoisotopic (exact) mass is 396 g/mol. The molecule has 0 bridgehead atoms. The Hall–Kier alpha value is -1.19. The molecule has 28 heavy (non-hydrogen) atoms. The lowest BCUT2D eigenvalue weighted by Crippen LogP contribution is -2.30. The van der Waals surface area contributed by atoms with Gasteiger partial charge in [-0.1, -0.05) is 103 Å². The molecular formula is C24H44O4. The van der Waals surface area contributed by atoms with Crippen LogP contribution in [0.4, 0.5) is 0 Å². The van der Waals surface area contributed by atoms with Gasteiger partial charge >= 0.3 is 5.97 Å². The van der Waals surface area contributed by atoms with E-state index < -0.39 is 23.5 Å². The summed E-state index contributed by atoms with van der Waals surface area (Å²) in [5.74, 6) is -2.81. The van der Waals surface area contributed by atoms with Crippen molar-refractivity contribution >= 4 is 17.5 Å². The third kappa shape index (κ3) is 15.8. The first kappa shape index (κ1) is 26.8. The van der Waals surface area contributed by atoms with E-state index in [1.165, 1.54) is 97.3 Å². The minimum absolute atomic E-state index is 0.300. The van der Waals surface area contributed by atoms with E-state index in [9.17, 15) is 14.4 Å². The SMILES string of the molecule is CCCCCCCCCCCCCCCCCCOC(=O)C(C(C)=O)C(C)=O. The van der Waals surface area contributed by atoms with Crippen molar-refractivity contribution in [3.8, 4) is 0 Å². The fourth-order valence-corrected chi connectivity index (χ4v) is 3.52. The molecule has 4 nitrogen and oxygen atoms in total. The summed E-state index contributed by atoms with van der Waals surface area (Å²) in [6, 6.07) is 0. The predicted octanol–water partition coefficient (Wildman–Crippen LogP) is 6.59. The number of carbonyl (C=O) groups excluding carboxylic acids is 3. The van der Waals surface area contributed by atoms with Gasteiger partial charge in [0.25, 0.3) is 0 Å². The van der Waals surface area contributed by atoms with Crippen molar-refractivity contribution in [3.05, 3.63) is 0 Å². The van der Waals surface area contributed by atoms with Crippen LogP contribution in [0.5, 0.6) is 0 Å². The summed E-state index contributed by atoms with van der Waals surface area (Å²) in [5.41, 5.74) is 0. The summed E-state index contributed by atoms with van der Waals surface area (Å²) in [4.78, 5) is 34.3. The van der Waals surface area contributed by atoms with Gasteiger partial charge in [0.1, 0.15) is 0 Å². The van der Waals surface area contributed by atoms with Gasteiger partial charge in [0, 0.05) is 0 Å². The highest BCUT2D eigenvalue weighted by molar-refractivity contribution is 6.15. The van der Waals surface area contributed by atoms with Gasteiger partial charge in [0.2, 0.25) is 0 Å². The minimum atomic E-state index is -1.24. The van der Waals surface area contributed by atoms with E-state index in [4.69, 9.17) is 4.74 Å². The number of hydrogen-bond donors (Lipinski definition) is 0. The van der Waals surface area contributed by atoms with Gasteiger partial charge in [-0.15, -0.1) is 0 Å². The molecule has 0 rings (SSSR count). The summed E-state index contributed by atoms with van der Waals surface area (Å²) in [5, 5.41) is 0. The molecule has 0 aliphatic rings. The molecule has 0 heterocycles. The Morgan fingerprint density at radius 1 is 0.571 bits per heavy atom. The number of ketones is 2. The molecule has 0 aromatic heterocycles. The Morgan fingerprint density at radius 3 is 1.21 bits per heavy atom. The van der Waals surface area contributed by atoms with Gasteiger partial charge in [0.05, 0.1) is 6.61 Å². The first-order valence-electron chi connectivity index (χ1n) is 11.7. The molecule has 0 fully saturated rings.